The Balaban J connectivity index is 1.81. The highest BCUT2D eigenvalue weighted by molar-refractivity contribution is 6.11. The highest BCUT2D eigenvalue weighted by Gasteiger charge is 2.21. The second kappa shape index (κ2) is 5.63. The number of imide groups is 1. The standard InChI is InChI=1S/C20H17N3O2/c1-13-12-17-22(2)15-10-6-7-11-16(15)23(17)18(13)20(25)21-19(24)14-8-4-3-5-9-14/h3-12H,1-2H3,(H,21,24,25). The summed E-state index contributed by atoms with van der Waals surface area (Å²) in [6.07, 6.45) is 0. The summed E-state index contributed by atoms with van der Waals surface area (Å²) in [6, 6.07) is 18.6. The van der Waals surface area contributed by atoms with Gasteiger partial charge in [-0.05, 0) is 42.8 Å². The maximum Gasteiger partial charge on any atom is 0.275 e. The molecule has 2 amide bonds. The SMILES string of the molecule is Cc1cc2n(C)c3ccccc3n2c1C(=O)NC(=O)c1ccccc1. The maximum absolute atomic E-state index is 12.8. The van der Waals surface area contributed by atoms with Crippen LogP contribution in [0.15, 0.2) is 60.7 Å². The van der Waals surface area contributed by atoms with E-state index < -0.39 is 11.8 Å². The largest absolute Gasteiger partial charge is 0.329 e. The molecule has 2 aromatic heterocycles. The van der Waals surface area contributed by atoms with Crippen LogP contribution in [0.2, 0.25) is 0 Å². The number of nitrogens with zero attached hydrogens (tertiary/aromatic N) is 2. The van der Waals surface area contributed by atoms with E-state index in [-0.39, 0.29) is 0 Å². The summed E-state index contributed by atoms with van der Waals surface area (Å²) in [5.74, 6) is -0.803. The number of aryl methyl sites for hydroxylation is 2. The minimum Gasteiger partial charge on any atom is -0.329 e. The number of imidazole rings is 1. The predicted molar refractivity (Wildman–Crippen MR) is 96.8 cm³/mol. The maximum atomic E-state index is 12.8. The van der Waals surface area contributed by atoms with E-state index in [9.17, 15) is 9.59 Å². The first-order valence-electron chi connectivity index (χ1n) is 8.04. The van der Waals surface area contributed by atoms with Crippen LogP contribution in [-0.4, -0.2) is 20.8 Å². The molecule has 2 aromatic carbocycles. The Bertz CT molecular complexity index is 1120. The summed E-state index contributed by atoms with van der Waals surface area (Å²) in [5.41, 5.74) is 4.65. The van der Waals surface area contributed by atoms with Gasteiger partial charge in [0.05, 0.1) is 11.0 Å². The fraction of sp³-hybridized carbons (Fsp3) is 0.100. The van der Waals surface area contributed by atoms with Crippen molar-refractivity contribution in [1.82, 2.24) is 14.3 Å². The highest BCUT2D eigenvalue weighted by atomic mass is 16.2. The molecule has 0 spiro atoms. The molecule has 0 aliphatic rings. The zero-order valence-corrected chi connectivity index (χ0v) is 14.0. The third-order valence-corrected chi connectivity index (χ3v) is 4.48. The molecule has 0 bridgehead atoms. The smallest absolute Gasteiger partial charge is 0.275 e. The lowest BCUT2D eigenvalue weighted by molar-refractivity contribution is 0.0846. The lowest BCUT2D eigenvalue weighted by atomic mass is 10.2. The zero-order valence-electron chi connectivity index (χ0n) is 14.0. The Labute approximate surface area is 144 Å². The van der Waals surface area contributed by atoms with Crippen LogP contribution in [0.4, 0.5) is 0 Å². The topological polar surface area (TPSA) is 55.5 Å². The summed E-state index contributed by atoms with van der Waals surface area (Å²) >= 11 is 0. The molecule has 4 aromatic rings. The molecule has 0 aliphatic heterocycles. The van der Waals surface area contributed by atoms with E-state index in [1.807, 2.05) is 59.3 Å². The molecule has 0 aliphatic carbocycles. The average molecular weight is 331 g/mol. The minimum absolute atomic E-state index is 0.400. The van der Waals surface area contributed by atoms with Gasteiger partial charge in [0.25, 0.3) is 11.8 Å². The normalized spacial score (nSPS) is 11.1. The third-order valence-electron chi connectivity index (χ3n) is 4.48. The highest BCUT2D eigenvalue weighted by Crippen LogP contribution is 2.25. The molecule has 124 valence electrons. The number of fused-ring (bicyclic) bond motifs is 3. The number of hydrogen-bond donors (Lipinski definition) is 1. The van der Waals surface area contributed by atoms with Gasteiger partial charge in [0.1, 0.15) is 11.3 Å². The van der Waals surface area contributed by atoms with Gasteiger partial charge >= 0.3 is 0 Å². The van der Waals surface area contributed by atoms with Crippen molar-refractivity contribution >= 4 is 28.5 Å². The van der Waals surface area contributed by atoms with Crippen LogP contribution < -0.4 is 5.32 Å². The minimum atomic E-state index is -0.403. The monoisotopic (exact) mass is 331 g/mol. The van der Waals surface area contributed by atoms with E-state index in [1.54, 1.807) is 24.3 Å². The van der Waals surface area contributed by atoms with Gasteiger partial charge in [-0.25, -0.2) is 0 Å². The van der Waals surface area contributed by atoms with E-state index in [1.165, 1.54) is 0 Å². The van der Waals surface area contributed by atoms with Crippen molar-refractivity contribution in [3.63, 3.8) is 0 Å². The lowest BCUT2D eigenvalue weighted by Gasteiger charge is -2.06. The summed E-state index contributed by atoms with van der Waals surface area (Å²) in [7, 11) is 1.97. The Morgan fingerprint density at radius 3 is 2.24 bits per heavy atom. The molecule has 0 unspecified atom stereocenters. The first kappa shape index (κ1) is 15.2. The molecule has 1 N–H and O–H groups in total. The van der Waals surface area contributed by atoms with Gasteiger partial charge in [-0.15, -0.1) is 0 Å². The number of carbonyl (C=O) groups excluding carboxylic acids is 2. The molecule has 5 heteroatoms. The van der Waals surface area contributed by atoms with Crippen molar-refractivity contribution in [1.29, 1.82) is 0 Å². The molecule has 0 saturated heterocycles. The number of para-hydroxylation sites is 2. The van der Waals surface area contributed by atoms with Crippen LogP contribution in [0.1, 0.15) is 26.4 Å². The van der Waals surface area contributed by atoms with E-state index in [4.69, 9.17) is 0 Å². The first-order valence-corrected chi connectivity index (χ1v) is 8.04. The van der Waals surface area contributed by atoms with Gasteiger partial charge in [-0.2, -0.15) is 0 Å². The fourth-order valence-corrected chi connectivity index (χ4v) is 3.27. The lowest BCUT2D eigenvalue weighted by Crippen LogP contribution is -2.31. The van der Waals surface area contributed by atoms with E-state index >= 15 is 0 Å². The van der Waals surface area contributed by atoms with Gasteiger partial charge in [-0.1, -0.05) is 30.3 Å². The molecule has 0 fully saturated rings. The number of rotatable bonds is 2. The van der Waals surface area contributed by atoms with E-state index in [0.717, 1.165) is 22.2 Å². The van der Waals surface area contributed by atoms with Crippen LogP contribution in [0.25, 0.3) is 16.7 Å². The number of nitrogens with one attached hydrogen (secondary N) is 1. The molecule has 5 nitrogen and oxygen atoms in total. The summed E-state index contributed by atoms with van der Waals surface area (Å²) < 4.78 is 3.94. The van der Waals surface area contributed by atoms with Gasteiger partial charge in [-0.3, -0.25) is 19.3 Å². The Morgan fingerprint density at radius 1 is 0.880 bits per heavy atom. The summed E-state index contributed by atoms with van der Waals surface area (Å²) in [4.78, 5) is 25.1. The first-order chi connectivity index (χ1) is 12.1. The van der Waals surface area contributed by atoms with Crippen LogP contribution >= 0.6 is 0 Å². The van der Waals surface area contributed by atoms with Crippen molar-refractivity contribution in [2.75, 3.05) is 0 Å². The molecule has 4 rings (SSSR count). The number of carbonyl (C=O) groups is 2. The van der Waals surface area contributed by atoms with Gasteiger partial charge in [0, 0.05) is 12.6 Å². The van der Waals surface area contributed by atoms with Crippen molar-refractivity contribution < 1.29 is 9.59 Å². The molecule has 25 heavy (non-hydrogen) atoms. The van der Waals surface area contributed by atoms with Crippen molar-refractivity contribution in [3.05, 3.63) is 77.5 Å². The van der Waals surface area contributed by atoms with Crippen molar-refractivity contribution in [2.45, 2.75) is 6.92 Å². The van der Waals surface area contributed by atoms with Crippen molar-refractivity contribution in [2.24, 2.45) is 7.05 Å². The third kappa shape index (κ3) is 2.32. The summed E-state index contributed by atoms with van der Waals surface area (Å²) in [6.45, 7) is 1.88. The number of aromatic nitrogens is 2. The average Bonchev–Trinajstić information content (AvgIpc) is 3.10. The van der Waals surface area contributed by atoms with Crippen molar-refractivity contribution in [3.8, 4) is 0 Å². The fourth-order valence-electron chi connectivity index (χ4n) is 3.27. The molecular formula is C20H17N3O2. The number of hydrogen-bond acceptors (Lipinski definition) is 2. The molecule has 2 heterocycles. The quantitative estimate of drug-likeness (QED) is 0.573. The van der Waals surface area contributed by atoms with Crippen LogP contribution in [0, 0.1) is 6.92 Å². The zero-order chi connectivity index (χ0) is 17.6. The number of benzene rings is 2. The van der Waals surface area contributed by atoms with Gasteiger partial charge in [0.2, 0.25) is 0 Å². The van der Waals surface area contributed by atoms with Crippen LogP contribution in [-0.2, 0) is 7.05 Å². The van der Waals surface area contributed by atoms with Gasteiger partial charge < -0.3 is 4.57 Å². The molecule has 0 saturated carbocycles. The van der Waals surface area contributed by atoms with Crippen LogP contribution in [0.5, 0.6) is 0 Å². The van der Waals surface area contributed by atoms with Crippen LogP contribution in [0.3, 0.4) is 0 Å². The van der Waals surface area contributed by atoms with Gasteiger partial charge in [0.15, 0.2) is 0 Å². The Hall–Kier alpha value is -3.34. The molecular weight excluding hydrogens is 314 g/mol. The van der Waals surface area contributed by atoms with E-state index in [2.05, 4.69) is 5.32 Å². The molecule has 0 radical (unpaired) electrons. The van der Waals surface area contributed by atoms with E-state index in [0.29, 0.717) is 11.3 Å². The summed E-state index contributed by atoms with van der Waals surface area (Å²) in [5, 5.41) is 2.50. The Morgan fingerprint density at radius 2 is 1.52 bits per heavy atom. The molecule has 0 atom stereocenters. The second-order valence-electron chi connectivity index (χ2n) is 6.07. The Kier molecular flexibility index (Phi) is 3.42. The second-order valence-corrected chi connectivity index (χ2v) is 6.07. The number of amides is 2. The predicted octanol–water partition coefficient (Wildman–Crippen LogP) is 3.31.